The van der Waals surface area contributed by atoms with E-state index in [4.69, 9.17) is 0 Å². The molecule has 4 bridgehead atoms. The van der Waals surface area contributed by atoms with Crippen LogP contribution in [0.5, 0.6) is 0 Å². The van der Waals surface area contributed by atoms with E-state index in [9.17, 15) is 0 Å². The molecule has 1 saturated carbocycles. The molecule has 1 aliphatic carbocycles. The summed E-state index contributed by atoms with van der Waals surface area (Å²) >= 11 is 0. The Morgan fingerprint density at radius 2 is 2.18 bits per heavy atom. The fraction of sp³-hybridized carbons (Fsp3) is 0.600. The zero-order valence-electron chi connectivity index (χ0n) is 13.7. The van der Waals surface area contributed by atoms with E-state index in [0.717, 1.165) is 23.8 Å². The summed E-state index contributed by atoms with van der Waals surface area (Å²) in [5.41, 5.74) is 5.97. The first kappa shape index (κ1) is 13.2. The van der Waals surface area contributed by atoms with Gasteiger partial charge in [0.25, 0.3) is 0 Å². The topological polar surface area (TPSA) is 19.0 Å². The molecule has 2 aromatic rings. The van der Waals surface area contributed by atoms with Crippen molar-refractivity contribution in [3.8, 4) is 0 Å². The summed E-state index contributed by atoms with van der Waals surface area (Å²) in [4.78, 5) is 6.68. The van der Waals surface area contributed by atoms with E-state index >= 15 is 0 Å². The van der Waals surface area contributed by atoms with Gasteiger partial charge in [0, 0.05) is 41.6 Å². The number of fused-ring (bicyclic) bond motifs is 4. The van der Waals surface area contributed by atoms with E-state index in [0.29, 0.717) is 0 Å². The molecule has 5 atom stereocenters. The van der Waals surface area contributed by atoms with Crippen LogP contribution >= 0.6 is 0 Å². The van der Waals surface area contributed by atoms with Crippen molar-refractivity contribution >= 4 is 10.9 Å². The molecule has 116 valence electrons. The van der Waals surface area contributed by atoms with Crippen molar-refractivity contribution in [1.82, 2.24) is 9.88 Å². The normalized spacial score (nSPS) is 36.4. The molecule has 4 aliphatic rings. The van der Waals surface area contributed by atoms with Crippen LogP contribution in [0.25, 0.3) is 10.9 Å². The van der Waals surface area contributed by atoms with Crippen LogP contribution in [0.4, 0.5) is 0 Å². The molecule has 3 aliphatic heterocycles. The lowest BCUT2D eigenvalue weighted by Crippen LogP contribution is -2.56. The van der Waals surface area contributed by atoms with Gasteiger partial charge in [0.2, 0.25) is 0 Å². The number of aromatic nitrogens is 1. The van der Waals surface area contributed by atoms with Crippen LogP contribution in [0.2, 0.25) is 0 Å². The van der Waals surface area contributed by atoms with Gasteiger partial charge in [0.15, 0.2) is 0 Å². The van der Waals surface area contributed by atoms with Crippen molar-refractivity contribution in [3.05, 3.63) is 35.0 Å². The molecular formula is C20H26N2. The van der Waals surface area contributed by atoms with Crippen molar-refractivity contribution in [1.29, 1.82) is 0 Å². The minimum atomic E-state index is 0.752. The van der Waals surface area contributed by atoms with Gasteiger partial charge in [-0.2, -0.15) is 0 Å². The minimum absolute atomic E-state index is 0.752. The van der Waals surface area contributed by atoms with E-state index in [2.05, 4.69) is 41.9 Å². The summed E-state index contributed by atoms with van der Waals surface area (Å²) in [5, 5.41) is 1.49. The lowest BCUT2D eigenvalue weighted by atomic mass is 9.65. The lowest BCUT2D eigenvalue weighted by molar-refractivity contribution is -0.0134. The number of hydrogen-bond acceptors (Lipinski definition) is 1. The van der Waals surface area contributed by atoms with Crippen molar-refractivity contribution < 1.29 is 0 Å². The Morgan fingerprint density at radius 3 is 3.05 bits per heavy atom. The molecule has 6 rings (SSSR count). The fourth-order valence-electron chi connectivity index (χ4n) is 5.81. The van der Waals surface area contributed by atoms with Gasteiger partial charge >= 0.3 is 0 Å². The van der Waals surface area contributed by atoms with E-state index < -0.39 is 0 Å². The minimum Gasteiger partial charge on any atom is -0.358 e. The highest BCUT2D eigenvalue weighted by Gasteiger charge is 2.48. The molecule has 1 aromatic carbocycles. The third-order valence-corrected chi connectivity index (χ3v) is 6.67. The Morgan fingerprint density at radius 1 is 1.27 bits per heavy atom. The van der Waals surface area contributed by atoms with Crippen molar-refractivity contribution in [3.63, 3.8) is 0 Å². The Hall–Kier alpha value is -1.28. The second-order valence-corrected chi connectivity index (χ2v) is 7.91. The Labute approximate surface area is 132 Å². The molecule has 2 saturated heterocycles. The van der Waals surface area contributed by atoms with Gasteiger partial charge in [0.05, 0.1) is 0 Å². The summed E-state index contributed by atoms with van der Waals surface area (Å²) in [5.74, 6) is 2.60. The van der Waals surface area contributed by atoms with Crippen LogP contribution in [-0.2, 0) is 6.42 Å². The zero-order valence-corrected chi connectivity index (χ0v) is 13.7. The lowest BCUT2D eigenvalue weighted by Gasteiger charge is -2.53. The maximum Gasteiger partial charge on any atom is 0.0459 e. The van der Waals surface area contributed by atoms with Gasteiger partial charge in [-0.1, -0.05) is 25.0 Å². The summed E-state index contributed by atoms with van der Waals surface area (Å²) in [6.45, 7) is 7.24. The molecule has 2 nitrogen and oxygen atoms in total. The van der Waals surface area contributed by atoms with Crippen molar-refractivity contribution in [2.75, 3.05) is 13.1 Å². The Balaban J connectivity index is 1.69. The number of nitrogens with one attached hydrogen (secondary N) is 1. The number of H-pyrrole nitrogens is 1. The number of aryl methyl sites for hydroxylation is 1. The predicted molar refractivity (Wildman–Crippen MR) is 91.3 cm³/mol. The molecule has 1 aromatic heterocycles. The average molecular weight is 294 g/mol. The van der Waals surface area contributed by atoms with Gasteiger partial charge in [-0.15, -0.1) is 0 Å². The molecule has 0 amide bonds. The third kappa shape index (κ3) is 1.70. The number of aromatic amines is 1. The monoisotopic (exact) mass is 294 g/mol. The Bertz CT molecular complexity index is 729. The van der Waals surface area contributed by atoms with Crippen LogP contribution < -0.4 is 0 Å². The molecular weight excluding hydrogens is 268 g/mol. The van der Waals surface area contributed by atoms with E-state index in [1.54, 1.807) is 11.3 Å². The van der Waals surface area contributed by atoms with Gasteiger partial charge < -0.3 is 4.98 Å². The molecule has 0 spiro atoms. The number of piperidine rings is 2. The molecule has 4 heterocycles. The molecule has 0 radical (unpaired) electrons. The average Bonchev–Trinajstić information content (AvgIpc) is 2.85. The largest absolute Gasteiger partial charge is 0.358 e. The van der Waals surface area contributed by atoms with Gasteiger partial charge in [-0.25, -0.2) is 0 Å². The second-order valence-electron chi connectivity index (χ2n) is 7.91. The standard InChI is InChI=1S/C20H26N2/c1-3-14-9-13-10-17-19-15(6-7-22(11-13)20(14)17)16-8-12(2)4-5-18(16)21-19/h4-5,8,13-14,17,20-21H,3,6-7,9-11H2,1-2H3/t13?,14-,17-,20?/m0/s1. The van der Waals surface area contributed by atoms with Crippen molar-refractivity contribution in [2.24, 2.45) is 11.8 Å². The van der Waals surface area contributed by atoms with E-state index in [1.807, 2.05) is 0 Å². The Kier molecular flexibility index (Phi) is 2.76. The third-order valence-electron chi connectivity index (χ3n) is 6.67. The van der Waals surface area contributed by atoms with E-state index in [1.165, 1.54) is 55.2 Å². The SMILES string of the molecule is CC[C@H]1CC2C[C@H]3c4[nH]c5ccc(C)cc5c4CCN(C2)C13. The van der Waals surface area contributed by atoms with Crippen LogP contribution in [0, 0.1) is 18.8 Å². The zero-order chi connectivity index (χ0) is 14.8. The maximum atomic E-state index is 3.84. The summed E-state index contributed by atoms with van der Waals surface area (Å²) in [6, 6.07) is 7.72. The van der Waals surface area contributed by atoms with Crippen LogP contribution in [0.1, 0.15) is 48.9 Å². The smallest absolute Gasteiger partial charge is 0.0459 e. The number of hydrogen-bond donors (Lipinski definition) is 1. The highest BCUT2D eigenvalue weighted by molar-refractivity contribution is 5.85. The summed E-state index contributed by atoms with van der Waals surface area (Å²) in [7, 11) is 0. The fourth-order valence-corrected chi connectivity index (χ4v) is 5.81. The molecule has 3 unspecified atom stereocenters. The molecule has 3 fully saturated rings. The first-order chi connectivity index (χ1) is 10.7. The highest BCUT2D eigenvalue weighted by Crippen LogP contribution is 2.50. The molecule has 2 heteroatoms. The summed E-state index contributed by atoms with van der Waals surface area (Å²) in [6.07, 6.45) is 5.47. The second kappa shape index (κ2) is 4.61. The molecule has 1 N–H and O–H groups in total. The predicted octanol–water partition coefficient (Wildman–Crippen LogP) is 4.24. The maximum absolute atomic E-state index is 3.84. The number of nitrogens with zero attached hydrogens (tertiary/aromatic N) is 1. The van der Waals surface area contributed by atoms with E-state index in [-0.39, 0.29) is 0 Å². The highest BCUT2D eigenvalue weighted by atomic mass is 15.2. The summed E-state index contributed by atoms with van der Waals surface area (Å²) < 4.78 is 0. The van der Waals surface area contributed by atoms with Crippen LogP contribution in [0.3, 0.4) is 0 Å². The quantitative estimate of drug-likeness (QED) is 0.833. The van der Waals surface area contributed by atoms with Crippen LogP contribution in [-0.4, -0.2) is 29.0 Å². The van der Waals surface area contributed by atoms with Crippen LogP contribution in [0.15, 0.2) is 18.2 Å². The van der Waals surface area contributed by atoms with Crippen molar-refractivity contribution in [2.45, 2.75) is 51.5 Å². The first-order valence-electron chi connectivity index (χ1n) is 9.09. The van der Waals surface area contributed by atoms with Gasteiger partial charge in [-0.3, -0.25) is 4.90 Å². The first-order valence-corrected chi connectivity index (χ1v) is 9.09. The number of benzene rings is 1. The van der Waals surface area contributed by atoms with Gasteiger partial charge in [0.1, 0.15) is 0 Å². The van der Waals surface area contributed by atoms with Gasteiger partial charge in [-0.05, 0) is 55.7 Å². The molecule has 22 heavy (non-hydrogen) atoms. The number of rotatable bonds is 1.